The van der Waals surface area contributed by atoms with Crippen LogP contribution in [-0.2, 0) is 6.54 Å². The topological polar surface area (TPSA) is 62.2 Å². The van der Waals surface area contributed by atoms with E-state index in [1.54, 1.807) is 17.8 Å². The molecule has 2 heterocycles. The van der Waals surface area contributed by atoms with Gasteiger partial charge in [-0.15, -0.1) is 34.4 Å². The molecule has 0 aliphatic rings. The molecule has 1 aromatic carbocycles. The zero-order valence-electron chi connectivity index (χ0n) is 13.2. The number of thioether (sulfide) groups is 1. The summed E-state index contributed by atoms with van der Waals surface area (Å²) >= 11 is 4.37. The number of aromatic carboxylic acids is 1. The van der Waals surface area contributed by atoms with Crippen molar-refractivity contribution in [2.75, 3.05) is 11.6 Å². The van der Waals surface area contributed by atoms with Crippen LogP contribution in [0.2, 0.25) is 0 Å². The van der Waals surface area contributed by atoms with Crippen LogP contribution in [0.15, 0.2) is 39.9 Å². The number of carboxylic acid groups (broad SMARTS) is 1. The highest BCUT2D eigenvalue weighted by atomic mass is 32.2. The number of rotatable bonds is 6. The number of anilines is 1. The molecule has 2 aromatic heterocycles. The van der Waals surface area contributed by atoms with Crippen molar-refractivity contribution in [2.24, 2.45) is 0 Å². The SMILES string of the molecule is CSc1sc(C(=O)O)cc1-c1csc(NCc2ccc(C)cc2)n1. The lowest BCUT2D eigenvalue weighted by atomic mass is 10.1. The van der Waals surface area contributed by atoms with Crippen molar-refractivity contribution in [1.29, 1.82) is 0 Å². The lowest BCUT2D eigenvalue weighted by Crippen LogP contribution is -1.98. The van der Waals surface area contributed by atoms with Gasteiger partial charge in [0.15, 0.2) is 5.13 Å². The molecular weight excluding hydrogens is 360 g/mol. The van der Waals surface area contributed by atoms with Crippen LogP contribution in [0.4, 0.5) is 5.13 Å². The maximum atomic E-state index is 11.2. The largest absolute Gasteiger partial charge is 0.477 e. The Hall–Kier alpha value is -1.83. The third-order valence-electron chi connectivity index (χ3n) is 3.44. The summed E-state index contributed by atoms with van der Waals surface area (Å²) < 4.78 is 0.975. The van der Waals surface area contributed by atoms with Gasteiger partial charge in [-0.3, -0.25) is 0 Å². The molecule has 0 fully saturated rings. The first-order valence-electron chi connectivity index (χ1n) is 7.23. The minimum atomic E-state index is -0.894. The minimum absolute atomic E-state index is 0.344. The second-order valence-electron chi connectivity index (χ2n) is 5.20. The van der Waals surface area contributed by atoms with Gasteiger partial charge in [-0.05, 0) is 24.8 Å². The molecule has 4 nitrogen and oxygen atoms in total. The summed E-state index contributed by atoms with van der Waals surface area (Å²) in [7, 11) is 0. The van der Waals surface area contributed by atoms with Gasteiger partial charge in [0.05, 0.1) is 9.90 Å². The molecular formula is C17H16N2O2S3. The van der Waals surface area contributed by atoms with Gasteiger partial charge >= 0.3 is 5.97 Å². The Morgan fingerprint density at radius 3 is 2.75 bits per heavy atom. The standard InChI is InChI=1S/C17H16N2O2S3/c1-10-3-5-11(6-4-10)8-18-17-19-13(9-23-17)12-7-14(15(20)21)24-16(12)22-2/h3-7,9H,8H2,1-2H3,(H,18,19)(H,20,21). The monoisotopic (exact) mass is 376 g/mol. The molecule has 0 saturated carbocycles. The van der Waals surface area contributed by atoms with E-state index in [1.807, 2.05) is 11.6 Å². The number of carboxylic acids is 1. The maximum absolute atomic E-state index is 11.2. The van der Waals surface area contributed by atoms with Crippen LogP contribution >= 0.6 is 34.4 Å². The number of nitrogens with zero attached hydrogens (tertiary/aromatic N) is 1. The smallest absolute Gasteiger partial charge is 0.345 e. The number of carbonyl (C=O) groups is 1. The molecule has 0 amide bonds. The van der Waals surface area contributed by atoms with Gasteiger partial charge in [-0.1, -0.05) is 29.8 Å². The number of hydrogen-bond acceptors (Lipinski definition) is 6. The minimum Gasteiger partial charge on any atom is -0.477 e. The predicted molar refractivity (Wildman–Crippen MR) is 103 cm³/mol. The van der Waals surface area contributed by atoms with E-state index < -0.39 is 5.97 Å². The van der Waals surface area contributed by atoms with Crippen molar-refractivity contribution in [1.82, 2.24) is 4.98 Å². The fourth-order valence-electron chi connectivity index (χ4n) is 2.17. The van der Waals surface area contributed by atoms with E-state index in [1.165, 1.54) is 33.8 Å². The van der Waals surface area contributed by atoms with Gasteiger partial charge in [0, 0.05) is 17.5 Å². The van der Waals surface area contributed by atoms with Crippen LogP contribution in [-0.4, -0.2) is 22.3 Å². The maximum Gasteiger partial charge on any atom is 0.345 e. The van der Waals surface area contributed by atoms with Crippen molar-refractivity contribution < 1.29 is 9.90 Å². The number of aromatic nitrogens is 1. The molecule has 0 spiro atoms. The molecule has 3 rings (SSSR count). The van der Waals surface area contributed by atoms with Crippen molar-refractivity contribution in [3.8, 4) is 11.3 Å². The first-order valence-corrected chi connectivity index (χ1v) is 10.2. The molecule has 0 aliphatic heterocycles. The molecule has 3 aromatic rings. The Labute approximate surface area is 152 Å². The average molecular weight is 377 g/mol. The predicted octanol–water partition coefficient (Wildman–Crippen LogP) is 5.21. The first kappa shape index (κ1) is 17.0. The fourth-order valence-corrected chi connectivity index (χ4v) is 4.60. The molecule has 24 heavy (non-hydrogen) atoms. The fraction of sp³-hybridized carbons (Fsp3) is 0.176. The highest BCUT2D eigenvalue weighted by molar-refractivity contribution is 8.00. The van der Waals surface area contributed by atoms with Crippen LogP contribution in [0.1, 0.15) is 20.8 Å². The van der Waals surface area contributed by atoms with Gasteiger partial charge in [0.25, 0.3) is 0 Å². The summed E-state index contributed by atoms with van der Waals surface area (Å²) in [5.41, 5.74) is 4.15. The van der Waals surface area contributed by atoms with E-state index in [0.29, 0.717) is 11.4 Å². The normalized spacial score (nSPS) is 10.8. The molecule has 0 atom stereocenters. The molecule has 0 radical (unpaired) electrons. The van der Waals surface area contributed by atoms with E-state index in [4.69, 9.17) is 0 Å². The van der Waals surface area contributed by atoms with Crippen LogP contribution < -0.4 is 5.32 Å². The van der Waals surface area contributed by atoms with Gasteiger partial charge < -0.3 is 10.4 Å². The molecule has 0 bridgehead atoms. The molecule has 0 unspecified atom stereocenters. The van der Waals surface area contributed by atoms with Gasteiger partial charge in [0.1, 0.15) is 4.88 Å². The Balaban J connectivity index is 1.75. The Morgan fingerprint density at radius 2 is 2.08 bits per heavy atom. The molecule has 0 aliphatic carbocycles. The van der Waals surface area contributed by atoms with Gasteiger partial charge in [-0.2, -0.15) is 0 Å². The number of thiazole rings is 1. The summed E-state index contributed by atoms with van der Waals surface area (Å²) in [5, 5.41) is 15.3. The van der Waals surface area contributed by atoms with E-state index in [0.717, 1.165) is 20.6 Å². The second kappa shape index (κ2) is 7.38. The van der Waals surface area contributed by atoms with Gasteiger partial charge in [0.2, 0.25) is 0 Å². The van der Waals surface area contributed by atoms with Crippen molar-refractivity contribution in [2.45, 2.75) is 17.7 Å². The number of nitrogens with one attached hydrogen (secondary N) is 1. The highest BCUT2D eigenvalue weighted by Gasteiger charge is 2.16. The van der Waals surface area contributed by atoms with Crippen LogP contribution in [0, 0.1) is 6.92 Å². The van der Waals surface area contributed by atoms with Gasteiger partial charge in [-0.25, -0.2) is 9.78 Å². The van der Waals surface area contributed by atoms with E-state index in [2.05, 4.69) is 41.5 Å². The lowest BCUT2D eigenvalue weighted by molar-refractivity contribution is 0.0702. The third-order valence-corrected chi connectivity index (χ3v) is 6.50. The molecule has 124 valence electrons. The van der Waals surface area contributed by atoms with Crippen molar-refractivity contribution in [3.05, 3.63) is 51.7 Å². The highest BCUT2D eigenvalue weighted by Crippen LogP contribution is 2.38. The molecule has 2 N–H and O–H groups in total. The quantitative estimate of drug-likeness (QED) is 0.578. The number of hydrogen-bond donors (Lipinski definition) is 2. The number of thiophene rings is 1. The van der Waals surface area contributed by atoms with E-state index in [9.17, 15) is 9.90 Å². The summed E-state index contributed by atoms with van der Waals surface area (Å²) in [6, 6.07) is 10.1. The summed E-state index contributed by atoms with van der Waals surface area (Å²) in [5.74, 6) is -0.894. The Morgan fingerprint density at radius 1 is 1.33 bits per heavy atom. The average Bonchev–Trinajstić information content (AvgIpc) is 3.20. The Kier molecular flexibility index (Phi) is 5.23. The Bertz CT molecular complexity index is 853. The van der Waals surface area contributed by atoms with E-state index in [-0.39, 0.29) is 0 Å². The number of aryl methyl sites for hydroxylation is 1. The summed E-state index contributed by atoms with van der Waals surface area (Å²) in [6.45, 7) is 2.78. The van der Waals surface area contributed by atoms with Crippen molar-refractivity contribution in [3.63, 3.8) is 0 Å². The molecule has 0 saturated heterocycles. The van der Waals surface area contributed by atoms with Crippen LogP contribution in [0.5, 0.6) is 0 Å². The summed E-state index contributed by atoms with van der Waals surface area (Å²) in [4.78, 5) is 16.1. The second-order valence-corrected chi connectivity index (χ2v) is 8.18. The number of benzene rings is 1. The molecule has 7 heteroatoms. The first-order chi connectivity index (χ1) is 11.6. The van der Waals surface area contributed by atoms with Crippen LogP contribution in [0.25, 0.3) is 11.3 Å². The van der Waals surface area contributed by atoms with Crippen molar-refractivity contribution >= 4 is 45.5 Å². The third kappa shape index (κ3) is 3.80. The lowest BCUT2D eigenvalue weighted by Gasteiger charge is -2.03. The zero-order valence-corrected chi connectivity index (χ0v) is 15.6. The van der Waals surface area contributed by atoms with E-state index >= 15 is 0 Å². The van der Waals surface area contributed by atoms with Crippen LogP contribution in [0.3, 0.4) is 0 Å². The summed E-state index contributed by atoms with van der Waals surface area (Å²) in [6.07, 6.45) is 1.95. The zero-order chi connectivity index (χ0) is 17.1.